The molecule has 0 radical (unpaired) electrons. The molecule has 2 amide bonds. The van der Waals surface area contributed by atoms with E-state index in [0.717, 1.165) is 12.8 Å². The molecule has 1 saturated carbocycles. The maximum absolute atomic E-state index is 12.0. The first-order valence-corrected chi connectivity index (χ1v) is 6.66. The van der Waals surface area contributed by atoms with Crippen molar-refractivity contribution in [1.29, 1.82) is 0 Å². The first kappa shape index (κ1) is 15.9. The third-order valence-electron chi connectivity index (χ3n) is 2.94. The number of carbonyl (C=O) groups excluding carboxylic acids is 2. The van der Waals surface area contributed by atoms with Crippen molar-refractivity contribution in [2.45, 2.75) is 32.4 Å². The molecule has 2 N–H and O–H groups in total. The predicted octanol–water partition coefficient (Wildman–Crippen LogP) is 1.41. The third kappa shape index (κ3) is 4.80. The smallest absolute Gasteiger partial charge is 0.387 e. The lowest BCUT2D eigenvalue weighted by molar-refractivity contribution is -0.139. The SMILES string of the molecule is C/C(=N/NC(=O)C(=O)NC1CC1)c1ccc(OC(F)F)cc1. The minimum atomic E-state index is -2.88. The highest BCUT2D eigenvalue weighted by Crippen LogP contribution is 2.18. The lowest BCUT2D eigenvalue weighted by Gasteiger charge is -2.06. The Kier molecular flexibility index (Phi) is 5.03. The van der Waals surface area contributed by atoms with Crippen LogP contribution in [0.5, 0.6) is 5.75 Å². The molecule has 1 aromatic carbocycles. The Morgan fingerprint density at radius 3 is 2.41 bits per heavy atom. The topological polar surface area (TPSA) is 79.8 Å². The highest BCUT2D eigenvalue weighted by Gasteiger charge is 2.26. The summed E-state index contributed by atoms with van der Waals surface area (Å²) >= 11 is 0. The number of alkyl halides is 2. The molecule has 1 aliphatic carbocycles. The van der Waals surface area contributed by atoms with E-state index in [9.17, 15) is 18.4 Å². The first-order chi connectivity index (χ1) is 10.5. The number of hydrogen-bond donors (Lipinski definition) is 2. The normalized spacial score (nSPS) is 14.6. The van der Waals surface area contributed by atoms with Crippen LogP contribution in [0.2, 0.25) is 0 Å². The minimum absolute atomic E-state index is 0.0272. The summed E-state index contributed by atoms with van der Waals surface area (Å²) < 4.78 is 28.3. The number of hydrogen-bond acceptors (Lipinski definition) is 4. The number of halogens is 2. The van der Waals surface area contributed by atoms with Crippen LogP contribution in [0.1, 0.15) is 25.3 Å². The van der Waals surface area contributed by atoms with E-state index >= 15 is 0 Å². The zero-order chi connectivity index (χ0) is 16.1. The van der Waals surface area contributed by atoms with Gasteiger partial charge in [-0.2, -0.15) is 13.9 Å². The van der Waals surface area contributed by atoms with Gasteiger partial charge in [-0.3, -0.25) is 9.59 Å². The molecule has 22 heavy (non-hydrogen) atoms. The van der Waals surface area contributed by atoms with Crippen LogP contribution in [0, 0.1) is 0 Å². The Morgan fingerprint density at radius 1 is 1.23 bits per heavy atom. The summed E-state index contributed by atoms with van der Waals surface area (Å²) in [5.41, 5.74) is 3.17. The van der Waals surface area contributed by atoms with E-state index < -0.39 is 18.4 Å². The van der Waals surface area contributed by atoms with Crippen LogP contribution in [0.25, 0.3) is 0 Å². The molecule has 0 atom stereocenters. The largest absolute Gasteiger partial charge is 0.435 e. The van der Waals surface area contributed by atoms with Crippen LogP contribution < -0.4 is 15.5 Å². The quantitative estimate of drug-likeness (QED) is 0.490. The Balaban J connectivity index is 1.90. The predicted molar refractivity (Wildman–Crippen MR) is 74.6 cm³/mol. The molecule has 2 rings (SSSR count). The Labute approximate surface area is 125 Å². The highest BCUT2D eigenvalue weighted by atomic mass is 19.3. The minimum Gasteiger partial charge on any atom is -0.435 e. The van der Waals surface area contributed by atoms with Crippen molar-refractivity contribution in [2.24, 2.45) is 5.10 Å². The molecule has 0 aromatic heterocycles. The van der Waals surface area contributed by atoms with Gasteiger partial charge in [0.05, 0.1) is 5.71 Å². The van der Waals surface area contributed by atoms with Gasteiger partial charge in [-0.25, -0.2) is 5.43 Å². The maximum atomic E-state index is 12.0. The number of rotatable bonds is 5. The number of ether oxygens (including phenoxy) is 1. The summed E-state index contributed by atoms with van der Waals surface area (Å²) in [6.45, 7) is -1.27. The van der Waals surface area contributed by atoms with Gasteiger partial charge in [0.15, 0.2) is 0 Å². The Bertz CT molecular complexity index is 584. The zero-order valence-corrected chi connectivity index (χ0v) is 11.8. The van der Waals surface area contributed by atoms with Crippen LogP contribution in [0.15, 0.2) is 29.4 Å². The number of nitrogens with zero attached hydrogens (tertiary/aromatic N) is 1. The van der Waals surface area contributed by atoms with E-state index in [2.05, 4.69) is 20.6 Å². The fourth-order valence-electron chi connectivity index (χ4n) is 1.61. The fraction of sp³-hybridized carbons (Fsp3) is 0.357. The molecule has 1 aromatic rings. The lowest BCUT2D eigenvalue weighted by atomic mass is 10.1. The number of hydrazone groups is 1. The number of carbonyl (C=O) groups is 2. The maximum Gasteiger partial charge on any atom is 0.387 e. The van der Waals surface area contributed by atoms with Gasteiger partial charge in [-0.05, 0) is 49.6 Å². The monoisotopic (exact) mass is 311 g/mol. The molecular formula is C14H15F2N3O3. The van der Waals surface area contributed by atoms with Gasteiger partial charge in [0.25, 0.3) is 0 Å². The van der Waals surface area contributed by atoms with Crippen molar-refractivity contribution in [3.63, 3.8) is 0 Å². The third-order valence-corrected chi connectivity index (χ3v) is 2.94. The first-order valence-electron chi connectivity index (χ1n) is 6.66. The summed E-state index contributed by atoms with van der Waals surface area (Å²) in [4.78, 5) is 22.9. The zero-order valence-electron chi connectivity index (χ0n) is 11.8. The average molecular weight is 311 g/mol. The molecule has 1 fully saturated rings. The Hall–Kier alpha value is -2.51. The summed E-state index contributed by atoms with van der Waals surface area (Å²) in [5, 5.41) is 6.34. The summed E-state index contributed by atoms with van der Waals surface area (Å²) in [6.07, 6.45) is 1.77. The molecule has 0 unspecified atom stereocenters. The van der Waals surface area contributed by atoms with Crippen molar-refractivity contribution in [3.8, 4) is 5.75 Å². The van der Waals surface area contributed by atoms with E-state index in [4.69, 9.17) is 0 Å². The van der Waals surface area contributed by atoms with E-state index in [1.807, 2.05) is 0 Å². The van der Waals surface area contributed by atoms with Crippen molar-refractivity contribution in [2.75, 3.05) is 0 Å². The lowest BCUT2D eigenvalue weighted by Crippen LogP contribution is -2.39. The molecule has 0 saturated heterocycles. The van der Waals surface area contributed by atoms with Crippen molar-refractivity contribution in [3.05, 3.63) is 29.8 Å². The number of nitrogens with one attached hydrogen (secondary N) is 2. The van der Waals surface area contributed by atoms with Gasteiger partial charge in [0, 0.05) is 6.04 Å². The summed E-state index contributed by atoms with van der Waals surface area (Å²) in [7, 11) is 0. The van der Waals surface area contributed by atoms with Gasteiger partial charge < -0.3 is 10.1 Å². The van der Waals surface area contributed by atoms with Gasteiger partial charge in [0.2, 0.25) is 0 Å². The van der Waals surface area contributed by atoms with Gasteiger partial charge >= 0.3 is 18.4 Å². The molecule has 8 heteroatoms. The van der Waals surface area contributed by atoms with Gasteiger partial charge in [-0.1, -0.05) is 0 Å². The second-order valence-corrected chi connectivity index (χ2v) is 4.79. The summed E-state index contributed by atoms with van der Waals surface area (Å²) in [6, 6.07) is 5.86. The molecule has 0 spiro atoms. The second-order valence-electron chi connectivity index (χ2n) is 4.79. The van der Waals surface area contributed by atoms with Crippen LogP contribution in [0.4, 0.5) is 8.78 Å². The summed E-state index contributed by atoms with van der Waals surface area (Å²) in [5.74, 6) is -1.54. The second kappa shape index (κ2) is 6.97. The Morgan fingerprint density at radius 2 is 1.86 bits per heavy atom. The van der Waals surface area contributed by atoms with Crippen molar-refractivity contribution in [1.82, 2.24) is 10.7 Å². The van der Waals surface area contributed by atoms with Crippen LogP contribution in [-0.4, -0.2) is 30.2 Å². The average Bonchev–Trinajstić information content (AvgIpc) is 3.28. The van der Waals surface area contributed by atoms with Gasteiger partial charge in [-0.15, -0.1) is 0 Å². The molecule has 6 nitrogen and oxygen atoms in total. The van der Waals surface area contributed by atoms with E-state index in [-0.39, 0.29) is 11.8 Å². The van der Waals surface area contributed by atoms with E-state index in [1.165, 1.54) is 24.3 Å². The van der Waals surface area contributed by atoms with Gasteiger partial charge in [0.1, 0.15) is 5.75 Å². The molecule has 0 aliphatic heterocycles. The standard InChI is InChI=1S/C14H15F2N3O3/c1-8(9-2-6-11(7-3-9)22-14(15)16)18-19-13(21)12(20)17-10-4-5-10/h2-3,6-7,10,14H,4-5H2,1H3,(H,17,20)(H,19,21)/b18-8-. The molecule has 0 bridgehead atoms. The van der Waals surface area contributed by atoms with E-state index in [0.29, 0.717) is 11.3 Å². The molecule has 1 aliphatic rings. The molecular weight excluding hydrogens is 296 g/mol. The van der Waals surface area contributed by atoms with Crippen LogP contribution in [0.3, 0.4) is 0 Å². The van der Waals surface area contributed by atoms with Crippen LogP contribution in [-0.2, 0) is 9.59 Å². The highest BCUT2D eigenvalue weighted by molar-refractivity contribution is 6.35. The number of benzene rings is 1. The molecule has 0 heterocycles. The van der Waals surface area contributed by atoms with E-state index in [1.54, 1.807) is 6.92 Å². The van der Waals surface area contributed by atoms with Crippen LogP contribution >= 0.6 is 0 Å². The molecule has 118 valence electrons. The fourth-order valence-corrected chi connectivity index (χ4v) is 1.61. The number of amides is 2. The van der Waals surface area contributed by atoms with Crippen molar-refractivity contribution >= 4 is 17.5 Å². The van der Waals surface area contributed by atoms with Crippen molar-refractivity contribution < 1.29 is 23.1 Å².